The first-order chi connectivity index (χ1) is 15.1. The van der Waals surface area contributed by atoms with Crippen molar-refractivity contribution in [2.45, 2.75) is 25.8 Å². The fraction of sp³-hybridized carbons (Fsp3) is 0.174. The van der Waals surface area contributed by atoms with E-state index in [1.165, 1.54) is 18.2 Å². The van der Waals surface area contributed by atoms with Crippen molar-refractivity contribution in [3.63, 3.8) is 0 Å². The molecule has 0 saturated carbocycles. The van der Waals surface area contributed by atoms with Gasteiger partial charge >= 0.3 is 12.3 Å². The number of carboxylic acids is 1. The molecule has 168 valence electrons. The van der Waals surface area contributed by atoms with Crippen molar-refractivity contribution in [2.24, 2.45) is 0 Å². The largest absolute Gasteiger partial charge is 0.573 e. The predicted molar refractivity (Wildman–Crippen MR) is 117 cm³/mol. The van der Waals surface area contributed by atoms with Crippen molar-refractivity contribution in [1.29, 1.82) is 0 Å². The molecular formula is C23H17BrClF3O4. The molecule has 0 heterocycles. The Labute approximate surface area is 195 Å². The highest BCUT2D eigenvalue weighted by Gasteiger charge is 2.31. The fourth-order valence-electron chi connectivity index (χ4n) is 3.04. The lowest BCUT2D eigenvalue weighted by molar-refractivity contribution is -0.274. The zero-order chi connectivity index (χ0) is 23.3. The number of hydrogen-bond acceptors (Lipinski definition) is 3. The number of benzene rings is 3. The average Bonchev–Trinajstić information content (AvgIpc) is 2.70. The predicted octanol–water partition coefficient (Wildman–Crippen LogP) is 7.06. The van der Waals surface area contributed by atoms with Gasteiger partial charge in [0, 0.05) is 5.02 Å². The maximum Gasteiger partial charge on any atom is 0.573 e. The fourth-order valence-corrected chi connectivity index (χ4v) is 4.03. The van der Waals surface area contributed by atoms with Crippen LogP contribution in [0.25, 0.3) is 0 Å². The van der Waals surface area contributed by atoms with Crippen LogP contribution >= 0.6 is 27.5 Å². The van der Waals surface area contributed by atoms with Gasteiger partial charge in [-0.25, -0.2) is 4.79 Å². The lowest BCUT2D eigenvalue weighted by Gasteiger charge is -2.15. The summed E-state index contributed by atoms with van der Waals surface area (Å²) in [4.78, 5) is 11.0. The summed E-state index contributed by atoms with van der Waals surface area (Å²) in [5.74, 6) is -0.784. The summed E-state index contributed by atoms with van der Waals surface area (Å²) in [6.45, 7) is 0.0234. The van der Waals surface area contributed by atoms with Crippen LogP contribution in [0.5, 0.6) is 11.5 Å². The first kappa shape index (κ1) is 23.9. The molecular weight excluding hydrogens is 513 g/mol. The summed E-state index contributed by atoms with van der Waals surface area (Å²) in [7, 11) is 0. The van der Waals surface area contributed by atoms with E-state index in [1.807, 2.05) is 0 Å². The molecule has 9 heteroatoms. The second-order valence-corrected chi connectivity index (χ2v) is 8.15. The van der Waals surface area contributed by atoms with Crippen LogP contribution < -0.4 is 9.47 Å². The zero-order valence-electron chi connectivity index (χ0n) is 16.5. The molecule has 0 aromatic heterocycles. The second-order valence-electron chi connectivity index (χ2n) is 6.86. The molecule has 0 aliphatic carbocycles. The molecule has 3 aromatic rings. The standard InChI is InChI=1S/C23H17BrClF3O4/c24-20-12-18(25)11-17(9-6-14-4-7-16(8-5-14)22(29)30)21(20)31-13-15-2-1-3-19(10-15)32-23(26,27)28/h1-5,7-8,10-12H,6,9,13H2,(H,29,30). The molecule has 0 atom stereocenters. The Morgan fingerprint density at radius 1 is 1.00 bits per heavy atom. The molecule has 0 saturated heterocycles. The Kier molecular flexibility index (Phi) is 7.69. The lowest BCUT2D eigenvalue weighted by Crippen LogP contribution is -2.17. The molecule has 0 unspecified atom stereocenters. The number of aromatic carboxylic acids is 1. The number of rotatable bonds is 8. The van der Waals surface area contributed by atoms with Crippen LogP contribution in [0.4, 0.5) is 13.2 Å². The molecule has 3 aromatic carbocycles. The summed E-state index contributed by atoms with van der Waals surface area (Å²) in [5, 5.41) is 9.51. The molecule has 4 nitrogen and oxygen atoms in total. The third-order valence-electron chi connectivity index (χ3n) is 4.48. The minimum atomic E-state index is -4.77. The summed E-state index contributed by atoms with van der Waals surface area (Å²) < 4.78 is 47.8. The normalized spacial score (nSPS) is 11.3. The molecule has 1 N–H and O–H groups in total. The number of hydrogen-bond donors (Lipinski definition) is 1. The van der Waals surface area contributed by atoms with Crippen LogP contribution in [0.15, 0.2) is 65.1 Å². The Bertz CT molecular complexity index is 1100. The van der Waals surface area contributed by atoms with Crippen LogP contribution in [-0.4, -0.2) is 17.4 Å². The van der Waals surface area contributed by atoms with Gasteiger partial charge in [0.2, 0.25) is 0 Å². The minimum Gasteiger partial charge on any atom is -0.487 e. The topological polar surface area (TPSA) is 55.8 Å². The number of aryl methyl sites for hydroxylation is 2. The van der Waals surface area contributed by atoms with Gasteiger partial charge in [0.25, 0.3) is 0 Å². The quantitative estimate of drug-likeness (QED) is 0.339. The average molecular weight is 530 g/mol. The van der Waals surface area contributed by atoms with Gasteiger partial charge in [0.15, 0.2) is 0 Å². The van der Waals surface area contributed by atoms with Crippen LogP contribution in [0.2, 0.25) is 5.02 Å². The maximum absolute atomic E-state index is 12.5. The number of alkyl halides is 3. The molecule has 0 spiro atoms. The van der Waals surface area contributed by atoms with Gasteiger partial charge in [-0.2, -0.15) is 0 Å². The molecule has 0 bridgehead atoms. The van der Waals surface area contributed by atoms with Crippen molar-refractivity contribution in [1.82, 2.24) is 0 Å². The lowest BCUT2D eigenvalue weighted by atomic mass is 10.0. The van der Waals surface area contributed by atoms with E-state index in [4.69, 9.17) is 21.4 Å². The number of carboxylic acid groups (broad SMARTS) is 1. The molecule has 0 amide bonds. The van der Waals surface area contributed by atoms with E-state index in [9.17, 15) is 18.0 Å². The molecule has 3 rings (SSSR count). The highest BCUT2D eigenvalue weighted by molar-refractivity contribution is 9.10. The SMILES string of the molecule is O=C(O)c1ccc(CCc2cc(Cl)cc(Br)c2OCc2cccc(OC(F)(F)F)c2)cc1. The van der Waals surface area contributed by atoms with Crippen molar-refractivity contribution < 1.29 is 32.5 Å². The highest BCUT2D eigenvalue weighted by Crippen LogP contribution is 2.34. The molecule has 32 heavy (non-hydrogen) atoms. The molecule has 0 radical (unpaired) electrons. The van der Waals surface area contributed by atoms with Gasteiger partial charge < -0.3 is 14.6 Å². The van der Waals surface area contributed by atoms with Gasteiger partial charge in [-0.3, -0.25) is 0 Å². The summed E-state index contributed by atoms with van der Waals surface area (Å²) in [6.07, 6.45) is -3.61. The maximum atomic E-state index is 12.5. The smallest absolute Gasteiger partial charge is 0.487 e. The van der Waals surface area contributed by atoms with E-state index in [-0.39, 0.29) is 17.9 Å². The molecule has 0 aliphatic heterocycles. The van der Waals surface area contributed by atoms with Crippen molar-refractivity contribution >= 4 is 33.5 Å². The number of ether oxygens (including phenoxy) is 2. The van der Waals surface area contributed by atoms with Crippen LogP contribution in [0, 0.1) is 0 Å². The Morgan fingerprint density at radius 3 is 2.38 bits per heavy atom. The molecule has 0 aliphatic rings. The van der Waals surface area contributed by atoms with Gasteiger partial charge in [-0.1, -0.05) is 35.9 Å². The Morgan fingerprint density at radius 2 is 1.72 bits per heavy atom. The minimum absolute atomic E-state index is 0.0234. The third-order valence-corrected chi connectivity index (χ3v) is 5.29. The summed E-state index contributed by atoms with van der Waals surface area (Å²) in [6, 6.07) is 15.6. The third kappa shape index (κ3) is 6.90. The van der Waals surface area contributed by atoms with E-state index in [0.29, 0.717) is 33.6 Å². The van der Waals surface area contributed by atoms with Crippen molar-refractivity contribution in [3.05, 3.63) is 92.4 Å². The van der Waals surface area contributed by atoms with Crippen molar-refractivity contribution in [3.8, 4) is 11.5 Å². The van der Waals surface area contributed by atoms with Gasteiger partial charge in [-0.05, 0) is 81.9 Å². The monoisotopic (exact) mass is 528 g/mol. The van der Waals surface area contributed by atoms with E-state index in [1.54, 1.807) is 42.5 Å². The van der Waals surface area contributed by atoms with E-state index in [2.05, 4.69) is 20.7 Å². The van der Waals surface area contributed by atoms with Gasteiger partial charge in [0.05, 0.1) is 10.0 Å². The summed E-state index contributed by atoms with van der Waals surface area (Å²) >= 11 is 9.61. The first-order valence-corrected chi connectivity index (χ1v) is 10.6. The second kappa shape index (κ2) is 10.3. The number of halogens is 5. The van der Waals surface area contributed by atoms with E-state index >= 15 is 0 Å². The zero-order valence-corrected chi connectivity index (χ0v) is 18.8. The first-order valence-electron chi connectivity index (χ1n) is 9.38. The number of carbonyl (C=O) groups is 1. The van der Waals surface area contributed by atoms with Crippen LogP contribution in [0.3, 0.4) is 0 Å². The molecule has 0 fully saturated rings. The van der Waals surface area contributed by atoms with Crippen LogP contribution in [-0.2, 0) is 19.4 Å². The summed E-state index contributed by atoms with van der Waals surface area (Å²) in [5.41, 5.74) is 2.45. The van der Waals surface area contributed by atoms with Crippen LogP contribution in [0.1, 0.15) is 27.0 Å². The van der Waals surface area contributed by atoms with Gasteiger partial charge in [-0.15, -0.1) is 13.2 Å². The van der Waals surface area contributed by atoms with Gasteiger partial charge in [0.1, 0.15) is 18.1 Å². The van der Waals surface area contributed by atoms with Crippen molar-refractivity contribution in [2.75, 3.05) is 0 Å². The van der Waals surface area contributed by atoms with E-state index in [0.717, 1.165) is 11.1 Å². The Balaban J connectivity index is 1.73. The highest BCUT2D eigenvalue weighted by atomic mass is 79.9. The Hall–Kier alpha value is -2.71. The van der Waals surface area contributed by atoms with E-state index < -0.39 is 12.3 Å².